The lowest BCUT2D eigenvalue weighted by Crippen LogP contribution is -1.95. The molecule has 2 rings (SSSR count). The lowest BCUT2D eigenvalue weighted by Gasteiger charge is -2.02. The number of aromatic nitrogens is 2. The first-order valence-electron chi connectivity index (χ1n) is 6.34. The van der Waals surface area contributed by atoms with Gasteiger partial charge in [0.2, 0.25) is 0 Å². The molecule has 0 spiro atoms. The molecule has 0 bridgehead atoms. The van der Waals surface area contributed by atoms with Crippen LogP contribution in [0.5, 0.6) is 0 Å². The van der Waals surface area contributed by atoms with Crippen LogP contribution in [0.4, 0.5) is 5.13 Å². The van der Waals surface area contributed by atoms with E-state index < -0.39 is 0 Å². The van der Waals surface area contributed by atoms with Gasteiger partial charge in [-0.3, -0.25) is 0 Å². The van der Waals surface area contributed by atoms with Crippen LogP contribution in [0.15, 0.2) is 5.38 Å². The van der Waals surface area contributed by atoms with Crippen molar-refractivity contribution >= 4 is 27.8 Å². The highest BCUT2D eigenvalue weighted by Gasteiger charge is 2.18. The minimum absolute atomic E-state index is 0.390. The van der Waals surface area contributed by atoms with Crippen LogP contribution in [0.25, 0.3) is 10.6 Å². The third-order valence-corrected chi connectivity index (χ3v) is 4.44. The van der Waals surface area contributed by atoms with Gasteiger partial charge in [-0.15, -0.1) is 22.7 Å². The highest BCUT2D eigenvalue weighted by atomic mass is 32.1. The van der Waals surface area contributed by atoms with Crippen LogP contribution >= 0.6 is 22.7 Å². The van der Waals surface area contributed by atoms with Crippen molar-refractivity contribution in [1.29, 1.82) is 0 Å². The first kappa shape index (κ1) is 14.4. The van der Waals surface area contributed by atoms with E-state index in [1.54, 1.807) is 29.8 Å². The number of hydrogen-bond donors (Lipinski definition) is 1. The fraction of sp³-hybridized carbons (Fsp3) is 0.538. The van der Waals surface area contributed by atoms with Crippen LogP contribution in [-0.2, 0) is 11.3 Å². The molecule has 0 aliphatic carbocycles. The van der Waals surface area contributed by atoms with Gasteiger partial charge in [0.25, 0.3) is 0 Å². The van der Waals surface area contributed by atoms with Crippen LogP contribution in [0, 0.1) is 0 Å². The van der Waals surface area contributed by atoms with Crippen LogP contribution in [0.1, 0.15) is 37.4 Å². The van der Waals surface area contributed by atoms with E-state index in [1.807, 2.05) is 0 Å². The molecular formula is C13H19N3OS2. The van der Waals surface area contributed by atoms with Crippen molar-refractivity contribution in [3.63, 3.8) is 0 Å². The molecule has 19 heavy (non-hydrogen) atoms. The molecule has 1 N–H and O–H groups in total. The summed E-state index contributed by atoms with van der Waals surface area (Å²) in [5.74, 6) is 0.390. The molecule has 0 saturated heterocycles. The zero-order chi connectivity index (χ0) is 13.8. The SMILES string of the molecule is CCNc1nc(-c2sc(COC)nc2C(C)C)cs1. The summed E-state index contributed by atoms with van der Waals surface area (Å²) in [6, 6.07) is 0. The van der Waals surface area contributed by atoms with Crippen LogP contribution < -0.4 is 5.32 Å². The Kier molecular flexibility index (Phi) is 4.90. The maximum Gasteiger partial charge on any atom is 0.183 e. The quantitative estimate of drug-likeness (QED) is 0.876. The Morgan fingerprint density at radius 2 is 2.16 bits per heavy atom. The molecule has 0 saturated carbocycles. The summed E-state index contributed by atoms with van der Waals surface area (Å²) in [7, 11) is 1.70. The Morgan fingerprint density at radius 1 is 1.37 bits per heavy atom. The van der Waals surface area contributed by atoms with E-state index in [0.29, 0.717) is 12.5 Å². The van der Waals surface area contributed by atoms with E-state index in [0.717, 1.165) is 28.1 Å². The third kappa shape index (κ3) is 3.32. The second kappa shape index (κ2) is 6.45. The minimum atomic E-state index is 0.390. The topological polar surface area (TPSA) is 47.0 Å². The van der Waals surface area contributed by atoms with E-state index >= 15 is 0 Å². The van der Waals surface area contributed by atoms with Crippen LogP contribution in [-0.4, -0.2) is 23.6 Å². The first-order valence-corrected chi connectivity index (χ1v) is 8.03. The smallest absolute Gasteiger partial charge is 0.183 e. The van der Waals surface area contributed by atoms with Crippen molar-refractivity contribution in [3.05, 3.63) is 16.1 Å². The van der Waals surface area contributed by atoms with E-state index in [2.05, 4.69) is 41.4 Å². The van der Waals surface area contributed by atoms with Gasteiger partial charge in [-0.05, 0) is 12.8 Å². The van der Waals surface area contributed by atoms with Gasteiger partial charge in [0, 0.05) is 19.0 Å². The van der Waals surface area contributed by atoms with Crippen molar-refractivity contribution in [2.24, 2.45) is 0 Å². The molecule has 0 aromatic carbocycles. The molecular weight excluding hydrogens is 278 g/mol. The van der Waals surface area contributed by atoms with E-state index in [1.165, 1.54) is 4.88 Å². The highest BCUT2D eigenvalue weighted by molar-refractivity contribution is 7.16. The Bertz CT molecular complexity index is 534. The predicted molar refractivity (Wildman–Crippen MR) is 82.2 cm³/mol. The van der Waals surface area contributed by atoms with Crippen molar-refractivity contribution < 1.29 is 4.74 Å². The summed E-state index contributed by atoms with van der Waals surface area (Å²) in [5.41, 5.74) is 2.13. The van der Waals surface area contributed by atoms with Gasteiger partial charge in [-0.2, -0.15) is 0 Å². The number of nitrogens with zero attached hydrogens (tertiary/aromatic N) is 2. The Labute approximate surface area is 121 Å². The zero-order valence-electron chi connectivity index (χ0n) is 11.7. The molecule has 0 atom stereocenters. The normalized spacial score (nSPS) is 11.2. The van der Waals surface area contributed by atoms with Gasteiger partial charge in [0.05, 0.1) is 22.9 Å². The second-order valence-electron chi connectivity index (χ2n) is 4.48. The van der Waals surface area contributed by atoms with Crippen molar-refractivity contribution in [2.75, 3.05) is 19.0 Å². The number of anilines is 1. The maximum atomic E-state index is 5.17. The molecule has 0 aliphatic heterocycles. The van der Waals surface area contributed by atoms with Gasteiger partial charge in [-0.1, -0.05) is 13.8 Å². The number of rotatable bonds is 6. The molecule has 4 nitrogen and oxygen atoms in total. The molecule has 0 unspecified atom stereocenters. The molecule has 0 amide bonds. The van der Waals surface area contributed by atoms with Crippen molar-refractivity contribution in [3.8, 4) is 10.6 Å². The van der Waals surface area contributed by atoms with Crippen molar-refractivity contribution in [2.45, 2.75) is 33.3 Å². The predicted octanol–water partition coefficient (Wildman–Crippen LogP) is 3.97. The van der Waals surface area contributed by atoms with Gasteiger partial charge in [-0.25, -0.2) is 9.97 Å². The monoisotopic (exact) mass is 297 g/mol. The molecule has 0 fully saturated rings. The number of ether oxygens (including phenoxy) is 1. The fourth-order valence-corrected chi connectivity index (χ4v) is 3.75. The molecule has 2 heterocycles. The second-order valence-corrected chi connectivity index (χ2v) is 6.42. The lowest BCUT2D eigenvalue weighted by molar-refractivity contribution is 0.184. The Balaban J connectivity index is 2.35. The fourth-order valence-electron chi connectivity index (χ4n) is 1.75. The lowest BCUT2D eigenvalue weighted by atomic mass is 10.1. The summed E-state index contributed by atoms with van der Waals surface area (Å²) in [5, 5.41) is 7.32. The molecule has 6 heteroatoms. The molecule has 104 valence electrons. The minimum Gasteiger partial charge on any atom is -0.378 e. The number of thiazole rings is 2. The summed E-state index contributed by atoms with van der Waals surface area (Å²) in [6.07, 6.45) is 0. The summed E-state index contributed by atoms with van der Waals surface area (Å²) < 4.78 is 5.17. The van der Waals surface area contributed by atoms with E-state index in [4.69, 9.17) is 4.74 Å². The van der Waals surface area contributed by atoms with Gasteiger partial charge >= 0.3 is 0 Å². The van der Waals surface area contributed by atoms with Crippen molar-refractivity contribution in [1.82, 2.24) is 9.97 Å². The maximum absolute atomic E-state index is 5.17. The highest BCUT2D eigenvalue weighted by Crippen LogP contribution is 2.36. The largest absolute Gasteiger partial charge is 0.378 e. The Morgan fingerprint density at radius 3 is 2.79 bits per heavy atom. The Hall–Kier alpha value is -0.980. The summed E-state index contributed by atoms with van der Waals surface area (Å²) >= 11 is 3.31. The van der Waals surface area contributed by atoms with E-state index in [-0.39, 0.29) is 0 Å². The zero-order valence-corrected chi connectivity index (χ0v) is 13.3. The molecule has 2 aromatic heterocycles. The summed E-state index contributed by atoms with van der Waals surface area (Å²) in [6.45, 7) is 7.85. The third-order valence-electron chi connectivity index (χ3n) is 2.58. The van der Waals surface area contributed by atoms with Crippen LogP contribution in [0.2, 0.25) is 0 Å². The molecule has 2 aromatic rings. The van der Waals surface area contributed by atoms with Gasteiger partial charge in [0.15, 0.2) is 5.13 Å². The van der Waals surface area contributed by atoms with Gasteiger partial charge in [0.1, 0.15) is 5.01 Å². The van der Waals surface area contributed by atoms with E-state index in [9.17, 15) is 0 Å². The number of nitrogens with one attached hydrogen (secondary N) is 1. The van der Waals surface area contributed by atoms with Crippen LogP contribution in [0.3, 0.4) is 0 Å². The average molecular weight is 297 g/mol. The molecule has 0 radical (unpaired) electrons. The number of hydrogen-bond acceptors (Lipinski definition) is 6. The standard InChI is InChI=1S/C13H19N3OS2/c1-5-14-13-15-9(7-18-13)12-11(8(2)3)16-10(19-12)6-17-4/h7-8H,5-6H2,1-4H3,(H,14,15). The average Bonchev–Trinajstić information content (AvgIpc) is 2.96. The molecule has 0 aliphatic rings. The first-order chi connectivity index (χ1) is 9.15. The van der Waals surface area contributed by atoms with Gasteiger partial charge < -0.3 is 10.1 Å². The summed E-state index contributed by atoms with van der Waals surface area (Å²) in [4.78, 5) is 10.5. The number of methoxy groups -OCH3 is 1.